The van der Waals surface area contributed by atoms with Gasteiger partial charge in [0, 0.05) is 14.1 Å². The van der Waals surface area contributed by atoms with Gasteiger partial charge in [-0.1, -0.05) is 0 Å². The second kappa shape index (κ2) is 5.75. The minimum atomic E-state index is -0.00258. The lowest BCUT2D eigenvalue weighted by molar-refractivity contribution is -0.129. The molecule has 0 aromatic heterocycles. The van der Waals surface area contributed by atoms with Gasteiger partial charge in [0.1, 0.15) is 5.75 Å². The summed E-state index contributed by atoms with van der Waals surface area (Å²) in [6.45, 7) is 0.271. The SMILES string of the molecule is CN(C)C(=O)CCOc1ccc(C#N)cc1N. The number of nitrogens with two attached hydrogens (primary N) is 1. The number of hydrogen-bond acceptors (Lipinski definition) is 4. The quantitative estimate of drug-likeness (QED) is 0.787. The molecule has 0 saturated heterocycles. The van der Waals surface area contributed by atoms with Gasteiger partial charge < -0.3 is 15.4 Å². The molecule has 0 fully saturated rings. The first-order chi connectivity index (χ1) is 8.04. The monoisotopic (exact) mass is 233 g/mol. The Bertz CT molecular complexity index is 450. The van der Waals surface area contributed by atoms with E-state index in [2.05, 4.69) is 0 Å². The first-order valence-corrected chi connectivity index (χ1v) is 5.17. The maximum atomic E-state index is 11.3. The van der Waals surface area contributed by atoms with E-state index in [1.807, 2.05) is 6.07 Å². The van der Waals surface area contributed by atoms with Gasteiger partial charge >= 0.3 is 0 Å². The summed E-state index contributed by atoms with van der Waals surface area (Å²) in [7, 11) is 3.39. The van der Waals surface area contributed by atoms with E-state index in [9.17, 15) is 4.79 Å². The molecule has 0 unspecified atom stereocenters. The van der Waals surface area contributed by atoms with Crippen LogP contribution in [-0.4, -0.2) is 31.5 Å². The van der Waals surface area contributed by atoms with Crippen LogP contribution in [0.4, 0.5) is 5.69 Å². The van der Waals surface area contributed by atoms with E-state index in [1.165, 1.54) is 4.90 Å². The van der Waals surface area contributed by atoms with E-state index in [4.69, 9.17) is 15.7 Å². The van der Waals surface area contributed by atoms with Gasteiger partial charge in [0.2, 0.25) is 5.91 Å². The van der Waals surface area contributed by atoms with Gasteiger partial charge in [-0.3, -0.25) is 4.79 Å². The Balaban J connectivity index is 2.53. The number of nitrogen functional groups attached to an aromatic ring is 1. The van der Waals surface area contributed by atoms with E-state index in [0.717, 1.165) is 0 Å². The predicted molar refractivity (Wildman–Crippen MR) is 64.4 cm³/mol. The molecular formula is C12H15N3O2. The number of carbonyl (C=O) groups is 1. The maximum absolute atomic E-state index is 11.3. The second-order valence-electron chi connectivity index (χ2n) is 3.75. The lowest BCUT2D eigenvalue weighted by atomic mass is 10.2. The number of ether oxygens (including phenoxy) is 1. The molecule has 0 aliphatic heterocycles. The molecule has 0 saturated carbocycles. The molecule has 0 spiro atoms. The number of nitriles is 1. The summed E-state index contributed by atoms with van der Waals surface area (Å²) < 4.78 is 5.38. The van der Waals surface area contributed by atoms with Crippen LogP contribution in [0.3, 0.4) is 0 Å². The van der Waals surface area contributed by atoms with E-state index >= 15 is 0 Å². The van der Waals surface area contributed by atoms with Crippen LogP contribution in [0.15, 0.2) is 18.2 Å². The van der Waals surface area contributed by atoms with Crippen molar-refractivity contribution in [1.82, 2.24) is 4.90 Å². The molecule has 1 aromatic carbocycles. The lowest BCUT2D eigenvalue weighted by Gasteiger charge is -2.12. The number of benzene rings is 1. The molecule has 0 aliphatic carbocycles. The Kier molecular flexibility index (Phi) is 4.35. The molecule has 2 N–H and O–H groups in total. The average molecular weight is 233 g/mol. The molecule has 1 aromatic rings. The van der Waals surface area contributed by atoms with Crippen molar-refractivity contribution >= 4 is 11.6 Å². The molecule has 1 amide bonds. The molecule has 0 radical (unpaired) electrons. The summed E-state index contributed by atoms with van der Waals surface area (Å²) in [4.78, 5) is 12.8. The highest BCUT2D eigenvalue weighted by atomic mass is 16.5. The fourth-order valence-electron chi connectivity index (χ4n) is 1.22. The lowest BCUT2D eigenvalue weighted by Crippen LogP contribution is -2.23. The molecular weight excluding hydrogens is 218 g/mol. The second-order valence-corrected chi connectivity index (χ2v) is 3.75. The van der Waals surface area contributed by atoms with E-state index in [0.29, 0.717) is 23.4 Å². The van der Waals surface area contributed by atoms with E-state index < -0.39 is 0 Å². The van der Waals surface area contributed by atoms with E-state index in [-0.39, 0.29) is 12.5 Å². The normalized spacial score (nSPS) is 9.47. The summed E-state index contributed by atoms with van der Waals surface area (Å²) in [6, 6.07) is 6.79. The zero-order valence-corrected chi connectivity index (χ0v) is 9.93. The van der Waals surface area contributed by atoms with Gasteiger partial charge in [-0.25, -0.2) is 0 Å². The largest absolute Gasteiger partial charge is 0.491 e. The molecule has 0 atom stereocenters. The first-order valence-electron chi connectivity index (χ1n) is 5.17. The highest BCUT2D eigenvalue weighted by molar-refractivity contribution is 5.75. The van der Waals surface area contributed by atoms with Crippen LogP contribution in [0.25, 0.3) is 0 Å². The number of carbonyl (C=O) groups excluding carboxylic acids is 1. The summed E-state index contributed by atoms with van der Waals surface area (Å²) in [5.41, 5.74) is 6.59. The molecule has 1 rings (SSSR count). The Morgan fingerprint density at radius 3 is 2.76 bits per heavy atom. The third-order valence-corrected chi connectivity index (χ3v) is 2.21. The summed E-state index contributed by atoms with van der Waals surface area (Å²) in [6.07, 6.45) is 0.298. The number of rotatable bonds is 4. The molecule has 0 aliphatic rings. The van der Waals surface area contributed by atoms with Gasteiger partial charge in [-0.15, -0.1) is 0 Å². The van der Waals surface area contributed by atoms with Crippen molar-refractivity contribution in [3.05, 3.63) is 23.8 Å². The van der Waals surface area contributed by atoms with Crippen LogP contribution in [0.5, 0.6) is 5.75 Å². The van der Waals surface area contributed by atoms with Crippen LogP contribution in [-0.2, 0) is 4.79 Å². The van der Waals surface area contributed by atoms with Crippen molar-refractivity contribution in [3.63, 3.8) is 0 Å². The standard InChI is InChI=1S/C12H15N3O2/c1-15(2)12(16)5-6-17-11-4-3-9(8-13)7-10(11)14/h3-4,7H,5-6,14H2,1-2H3. The van der Waals surface area contributed by atoms with Crippen molar-refractivity contribution in [3.8, 4) is 11.8 Å². The van der Waals surface area contributed by atoms with Crippen LogP contribution < -0.4 is 10.5 Å². The third kappa shape index (κ3) is 3.68. The predicted octanol–water partition coefficient (Wildman–Crippen LogP) is 0.998. The highest BCUT2D eigenvalue weighted by Crippen LogP contribution is 2.22. The zero-order chi connectivity index (χ0) is 12.8. The number of hydrogen-bond donors (Lipinski definition) is 1. The average Bonchev–Trinajstić information content (AvgIpc) is 2.30. The minimum absolute atomic E-state index is 0.00258. The Morgan fingerprint density at radius 1 is 1.53 bits per heavy atom. The summed E-state index contributed by atoms with van der Waals surface area (Å²) >= 11 is 0. The van der Waals surface area contributed by atoms with Crippen molar-refractivity contribution in [2.45, 2.75) is 6.42 Å². The fraction of sp³-hybridized carbons (Fsp3) is 0.333. The minimum Gasteiger partial charge on any atom is -0.491 e. The van der Waals surface area contributed by atoms with Gasteiger partial charge in [0.05, 0.1) is 30.3 Å². The molecule has 90 valence electrons. The maximum Gasteiger partial charge on any atom is 0.225 e. The van der Waals surface area contributed by atoms with Crippen LogP contribution >= 0.6 is 0 Å². The Morgan fingerprint density at radius 2 is 2.24 bits per heavy atom. The van der Waals surface area contributed by atoms with Crippen molar-refractivity contribution < 1.29 is 9.53 Å². The van der Waals surface area contributed by atoms with Gasteiger partial charge in [-0.05, 0) is 18.2 Å². The first kappa shape index (κ1) is 12.8. The number of amides is 1. The van der Waals surface area contributed by atoms with Gasteiger partial charge in [0.25, 0.3) is 0 Å². The molecule has 0 heterocycles. The van der Waals surface area contributed by atoms with Crippen molar-refractivity contribution in [1.29, 1.82) is 5.26 Å². The topological polar surface area (TPSA) is 79.3 Å². The van der Waals surface area contributed by atoms with E-state index in [1.54, 1.807) is 32.3 Å². The smallest absolute Gasteiger partial charge is 0.225 e. The van der Waals surface area contributed by atoms with Gasteiger partial charge in [0.15, 0.2) is 0 Å². The molecule has 0 bridgehead atoms. The highest BCUT2D eigenvalue weighted by Gasteiger charge is 2.06. The zero-order valence-electron chi connectivity index (χ0n) is 9.93. The Hall–Kier alpha value is -2.22. The van der Waals surface area contributed by atoms with Crippen molar-refractivity contribution in [2.24, 2.45) is 0 Å². The van der Waals surface area contributed by atoms with Crippen LogP contribution in [0.2, 0.25) is 0 Å². The number of nitrogens with zero attached hydrogens (tertiary/aromatic N) is 2. The fourth-order valence-corrected chi connectivity index (χ4v) is 1.22. The number of anilines is 1. The van der Waals surface area contributed by atoms with Crippen LogP contribution in [0.1, 0.15) is 12.0 Å². The third-order valence-electron chi connectivity index (χ3n) is 2.21. The van der Waals surface area contributed by atoms with Gasteiger partial charge in [-0.2, -0.15) is 5.26 Å². The molecule has 17 heavy (non-hydrogen) atoms. The summed E-state index contributed by atoms with van der Waals surface area (Å²) in [5, 5.41) is 8.67. The molecule has 5 nitrogen and oxygen atoms in total. The van der Waals surface area contributed by atoms with Crippen molar-refractivity contribution in [2.75, 3.05) is 26.4 Å². The summed E-state index contributed by atoms with van der Waals surface area (Å²) in [5.74, 6) is 0.493. The Labute approximate surface area is 100 Å². The molecule has 5 heteroatoms. The van der Waals surface area contributed by atoms with Crippen LogP contribution in [0, 0.1) is 11.3 Å².